The second-order valence-electron chi connectivity index (χ2n) is 8.74. The van der Waals surface area contributed by atoms with Gasteiger partial charge in [-0.3, -0.25) is 9.69 Å². The van der Waals surface area contributed by atoms with Crippen molar-refractivity contribution < 1.29 is 19.4 Å². The Morgan fingerprint density at radius 2 is 1.67 bits per heavy atom. The molecule has 5 rings (SSSR count). The maximum atomic E-state index is 12.6. The van der Waals surface area contributed by atoms with Gasteiger partial charge in [0.25, 0.3) is 0 Å². The summed E-state index contributed by atoms with van der Waals surface area (Å²) in [7, 11) is 0. The molecule has 186 valence electrons. The Morgan fingerprint density at radius 1 is 0.944 bits per heavy atom. The fourth-order valence-corrected chi connectivity index (χ4v) is 4.50. The normalized spacial score (nSPS) is 17.6. The number of hydrogen-bond acceptors (Lipinski definition) is 7. The standard InChI is InChI=1S/C26H28N6O4/c33-24(23-2-1-13-32(23)26(34)35)28-19-5-3-18(4-6-19)22-11-12-27-25(30-22)29-20-7-9-21(10-8-20)31-14-16-36-17-15-31/h3-12,23H,1-2,13-17H2,(H,28,33)(H,34,35)(H,27,29,30). The SMILES string of the molecule is O=C(Nc1ccc(-c2ccnc(Nc3ccc(N4CCOCC4)cc3)n2)cc1)C1CCCN1C(=O)O. The number of carboxylic acid groups (broad SMARTS) is 1. The molecule has 0 spiro atoms. The Morgan fingerprint density at radius 3 is 2.39 bits per heavy atom. The van der Waals surface area contributed by atoms with Gasteiger partial charge >= 0.3 is 6.09 Å². The Hall–Kier alpha value is -4.18. The van der Waals surface area contributed by atoms with Gasteiger partial charge in [-0.25, -0.2) is 14.8 Å². The molecular weight excluding hydrogens is 460 g/mol. The van der Waals surface area contributed by atoms with Crippen LogP contribution in [0.25, 0.3) is 11.3 Å². The molecule has 3 heterocycles. The zero-order chi connectivity index (χ0) is 24.9. The summed E-state index contributed by atoms with van der Waals surface area (Å²) in [5, 5.41) is 15.3. The third-order valence-corrected chi connectivity index (χ3v) is 6.40. The van der Waals surface area contributed by atoms with E-state index in [2.05, 4.69) is 37.6 Å². The molecule has 2 amide bonds. The molecular formula is C26H28N6O4. The van der Waals surface area contributed by atoms with Gasteiger partial charge in [0, 0.05) is 48.5 Å². The van der Waals surface area contributed by atoms with E-state index in [1.54, 1.807) is 18.3 Å². The number of benzene rings is 2. The molecule has 2 fully saturated rings. The van der Waals surface area contributed by atoms with E-state index in [1.165, 1.54) is 4.90 Å². The predicted octanol–water partition coefficient (Wildman–Crippen LogP) is 3.80. The molecule has 0 aliphatic carbocycles. The van der Waals surface area contributed by atoms with E-state index in [0.717, 1.165) is 48.9 Å². The lowest BCUT2D eigenvalue weighted by atomic mass is 10.1. The van der Waals surface area contributed by atoms with Gasteiger partial charge in [0.2, 0.25) is 11.9 Å². The van der Waals surface area contributed by atoms with Crippen LogP contribution in [0.5, 0.6) is 0 Å². The summed E-state index contributed by atoms with van der Waals surface area (Å²) in [6, 6.07) is 16.6. The number of morpholine rings is 1. The molecule has 10 heteroatoms. The highest BCUT2D eigenvalue weighted by Crippen LogP contribution is 2.24. The quantitative estimate of drug-likeness (QED) is 0.479. The summed E-state index contributed by atoms with van der Waals surface area (Å²) in [5.41, 5.74) is 4.27. The van der Waals surface area contributed by atoms with Crippen LogP contribution in [0, 0.1) is 0 Å². The smallest absolute Gasteiger partial charge is 0.407 e. The van der Waals surface area contributed by atoms with Crippen molar-refractivity contribution in [3.05, 3.63) is 60.8 Å². The second kappa shape index (κ2) is 10.6. The number of carbonyl (C=O) groups excluding carboxylic acids is 1. The van der Waals surface area contributed by atoms with E-state index in [4.69, 9.17) is 4.74 Å². The minimum absolute atomic E-state index is 0.309. The first-order valence-electron chi connectivity index (χ1n) is 12.0. The van der Waals surface area contributed by atoms with Crippen LogP contribution in [-0.4, -0.2) is 70.9 Å². The van der Waals surface area contributed by atoms with E-state index in [1.807, 2.05) is 30.3 Å². The highest BCUT2D eigenvalue weighted by molar-refractivity contribution is 5.96. The number of hydrogen-bond donors (Lipinski definition) is 3. The third-order valence-electron chi connectivity index (χ3n) is 6.40. The average Bonchev–Trinajstić information content (AvgIpc) is 3.41. The Balaban J connectivity index is 1.22. The molecule has 1 atom stereocenters. The van der Waals surface area contributed by atoms with E-state index < -0.39 is 12.1 Å². The maximum Gasteiger partial charge on any atom is 0.407 e. The van der Waals surface area contributed by atoms with Gasteiger partial charge in [-0.15, -0.1) is 0 Å². The van der Waals surface area contributed by atoms with Crippen molar-refractivity contribution in [2.75, 3.05) is 48.4 Å². The summed E-state index contributed by atoms with van der Waals surface area (Å²) >= 11 is 0. The van der Waals surface area contributed by atoms with Gasteiger partial charge in [-0.2, -0.15) is 0 Å². The first-order chi connectivity index (χ1) is 17.6. The molecule has 1 aromatic heterocycles. The Labute approximate surface area is 208 Å². The van der Waals surface area contributed by atoms with Crippen LogP contribution < -0.4 is 15.5 Å². The van der Waals surface area contributed by atoms with Crippen molar-refractivity contribution in [2.24, 2.45) is 0 Å². The molecule has 2 aromatic carbocycles. The number of amides is 2. The van der Waals surface area contributed by atoms with Gasteiger partial charge in [0.1, 0.15) is 6.04 Å². The van der Waals surface area contributed by atoms with Crippen molar-refractivity contribution in [3.63, 3.8) is 0 Å². The highest BCUT2D eigenvalue weighted by Gasteiger charge is 2.34. The fourth-order valence-electron chi connectivity index (χ4n) is 4.50. The van der Waals surface area contributed by atoms with Gasteiger partial charge in [-0.05, 0) is 55.3 Å². The number of aromatic nitrogens is 2. The van der Waals surface area contributed by atoms with Crippen molar-refractivity contribution in [3.8, 4) is 11.3 Å². The van der Waals surface area contributed by atoms with Crippen LogP contribution in [0.2, 0.25) is 0 Å². The third kappa shape index (κ3) is 5.38. The van der Waals surface area contributed by atoms with Gasteiger partial charge < -0.3 is 25.4 Å². The van der Waals surface area contributed by atoms with E-state index >= 15 is 0 Å². The topological polar surface area (TPSA) is 120 Å². The van der Waals surface area contributed by atoms with Crippen molar-refractivity contribution in [1.82, 2.24) is 14.9 Å². The number of carbonyl (C=O) groups is 2. The monoisotopic (exact) mass is 488 g/mol. The molecule has 0 bridgehead atoms. The highest BCUT2D eigenvalue weighted by atomic mass is 16.5. The minimum atomic E-state index is -1.07. The maximum absolute atomic E-state index is 12.6. The summed E-state index contributed by atoms with van der Waals surface area (Å²) in [4.78, 5) is 36.3. The first kappa shape index (κ1) is 23.6. The van der Waals surface area contributed by atoms with Crippen molar-refractivity contribution in [1.29, 1.82) is 0 Å². The average molecular weight is 489 g/mol. The van der Waals surface area contributed by atoms with Crippen molar-refractivity contribution in [2.45, 2.75) is 18.9 Å². The van der Waals surface area contributed by atoms with Crippen LogP contribution in [0.4, 0.5) is 27.8 Å². The summed E-state index contributed by atoms with van der Waals surface area (Å²) in [5.74, 6) is 0.176. The van der Waals surface area contributed by atoms with E-state index in [-0.39, 0.29) is 5.91 Å². The second-order valence-corrected chi connectivity index (χ2v) is 8.74. The summed E-state index contributed by atoms with van der Waals surface area (Å²) in [6.07, 6.45) is 1.85. The molecule has 0 radical (unpaired) electrons. The number of rotatable bonds is 6. The molecule has 0 saturated carbocycles. The largest absolute Gasteiger partial charge is 0.465 e. The zero-order valence-electron chi connectivity index (χ0n) is 19.8. The van der Waals surface area contributed by atoms with Crippen LogP contribution in [-0.2, 0) is 9.53 Å². The summed E-state index contributed by atoms with van der Waals surface area (Å²) < 4.78 is 5.42. The molecule has 2 aliphatic heterocycles. The molecule has 2 saturated heterocycles. The van der Waals surface area contributed by atoms with Gasteiger partial charge in [0.05, 0.1) is 18.9 Å². The van der Waals surface area contributed by atoms with Crippen LogP contribution in [0.3, 0.4) is 0 Å². The molecule has 36 heavy (non-hydrogen) atoms. The van der Waals surface area contributed by atoms with Crippen LogP contribution >= 0.6 is 0 Å². The Kier molecular flexibility index (Phi) is 6.94. The Bertz CT molecular complexity index is 1210. The molecule has 1 unspecified atom stereocenters. The van der Waals surface area contributed by atoms with Crippen LogP contribution in [0.15, 0.2) is 60.8 Å². The number of anilines is 4. The number of nitrogens with zero attached hydrogens (tertiary/aromatic N) is 4. The molecule has 2 aliphatic rings. The fraction of sp³-hybridized carbons (Fsp3) is 0.308. The lowest BCUT2D eigenvalue weighted by Gasteiger charge is -2.28. The zero-order valence-corrected chi connectivity index (χ0v) is 19.8. The van der Waals surface area contributed by atoms with E-state index in [0.29, 0.717) is 31.0 Å². The summed E-state index contributed by atoms with van der Waals surface area (Å²) in [6.45, 7) is 3.66. The number of nitrogens with one attached hydrogen (secondary N) is 2. The van der Waals surface area contributed by atoms with E-state index in [9.17, 15) is 14.7 Å². The number of ether oxygens (including phenoxy) is 1. The lowest BCUT2D eigenvalue weighted by Crippen LogP contribution is -2.42. The van der Waals surface area contributed by atoms with Gasteiger partial charge in [0.15, 0.2) is 0 Å². The number of likely N-dealkylation sites (tertiary alicyclic amines) is 1. The van der Waals surface area contributed by atoms with Crippen LogP contribution in [0.1, 0.15) is 12.8 Å². The van der Waals surface area contributed by atoms with Crippen molar-refractivity contribution >= 4 is 35.0 Å². The molecule has 3 aromatic rings. The lowest BCUT2D eigenvalue weighted by molar-refractivity contribution is -0.119. The predicted molar refractivity (Wildman–Crippen MR) is 137 cm³/mol. The first-order valence-corrected chi connectivity index (χ1v) is 12.0. The van der Waals surface area contributed by atoms with Gasteiger partial charge in [-0.1, -0.05) is 12.1 Å². The molecule has 10 nitrogen and oxygen atoms in total. The molecule has 3 N–H and O–H groups in total. The minimum Gasteiger partial charge on any atom is -0.465 e.